The smallest absolute Gasteiger partial charge is 0.203 e. The Bertz CT molecular complexity index is 789. The molecule has 24 heavy (non-hydrogen) atoms. The SMILES string of the molecule is CCOc1ccc(CNc2ncc(-c3ccc(C)cc3)n2C)cc1. The highest BCUT2D eigenvalue weighted by molar-refractivity contribution is 5.61. The van der Waals surface area contributed by atoms with Crippen LogP contribution in [-0.2, 0) is 13.6 Å². The van der Waals surface area contributed by atoms with Gasteiger partial charge in [0.25, 0.3) is 0 Å². The van der Waals surface area contributed by atoms with Crippen molar-refractivity contribution >= 4 is 5.95 Å². The standard InChI is InChI=1S/C20H23N3O/c1-4-24-18-11-7-16(8-12-18)13-21-20-22-14-19(23(20)3)17-9-5-15(2)6-10-17/h5-12,14H,4,13H2,1-3H3,(H,21,22). The van der Waals surface area contributed by atoms with Gasteiger partial charge in [-0.3, -0.25) is 0 Å². The highest BCUT2D eigenvalue weighted by atomic mass is 16.5. The van der Waals surface area contributed by atoms with E-state index in [1.807, 2.05) is 32.3 Å². The Kier molecular flexibility index (Phi) is 4.85. The first kappa shape index (κ1) is 16.1. The first-order valence-corrected chi connectivity index (χ1v) is 8.21. The summed E-state index contributed by atoms with van der Waals surface area (Å²) in [6.07, 6.45) is 1.91. The molecule has 1 N–H and O–H groups in total. The Morgan fingerprint density at radius 2 is 1.75 bits per heavy atom. The lowest BCUT2D eigenvalue weighted by atomic mass is 10.1. The van der Waals surface area contributed by atoms with Gasteiger partial charge in [0.05, 0.1) is 18.5 Å². The van der Waals surface area contributed by atoms with Crippen molar-refractivity contribution in [2.24, 2.45) is 7.05 Å². The maximum absolute atomic E-state index is 5.47. The number of imidazole rings is 1. The van der Waals surface area contributed by atoms with Crippen molar-refractivity contribution in [2.45, 2.75) is 20.4 Å². The molecule has 0 saturated carbocycles. The van der Waals surface area contributed by atoms with E-state index in [0.29, 0.717) is 6.61 Å². The van der Waals surface area contributed by atoms with Gasteiger partial charge in [0, 0.05) is 13.6 Å². The van der Waals surface area contributed by atoms with E-state index in [0.717, 1.165) is 23.9 Å². The maximum atomic E-state index is 5.47. The van der Waals surface area contributed by atoms with Crippen LogP contribution in [0.15, 0.2) is 54.7 Å². The molecule has 1 aromatic heterocycles. The molecule has 4 nitrogen and oxygen atoms in total. The maximum Gasteiger partial charge on any atom is 0.203 e. The zero-order valence-corrected chi connectivity index (χ0v) is 14.4. The Balaban J connectivity index is 1.69. The summed E-state index contributed by atoms with van der Waals surface area (Å²) in [5, 5.41) is 3.39. The molecule has 0 unspecified atom stereocenters. The third kappa shape index (κ3) is 3.59. The summed E-state index contributed by atoms with van der Waals surface area (Å²) in [6.45, 7) is 5.50. The molecule has 1 heterocycles. The van der Waals surface area contributed by atoms with Gasteiger partial charge >= 0.3 is 0 Å². The topological polar surface area (TPSA) is 39.1 Å². The van der Waals surface area contributed by atoms with Crippen LogP contribution in [0.2, 0.25) is 0 Å². The van der Waals surface area contributed by atoms with E-state index in [-0.39, 0.29) is 0 Å². The molecule has 2 aromatic carbocycles. The molecule has 0 amide bonds. The van der Waals surface area contributed by atoms with E-state index < -0.39 is 0 Å². The first-order valence-electron chi connectivity index (χ1n) is 8.21. The molecule has 0 aliphatic rings. The van der Waals surface area contributed by atoms with Crippen LogP contribution in [0.3, 0.4) is 0 Å². The minimum atomic E-state index is 0.687. The van der Waals surface area contributed by atoms with Gasteiger partial charge < -0.3 is 14.6 Å². The van der Waals surface area contributed by atoms with Crippen LogP contribution in [0.4, 0.5) is 5.95 Å². The van der Waals surface area contributed by atoms with E-state index in [1.54, 1.807) is 0 Å². The van der Waals surface area contributed by atoms with Crippen LogP contribution in [0.25, 0.3) is 11.3 Å². The van der Waals surface area contributed by atoms with Crippen molar-refractivity contribution in [3.8, 4) is 17.0 Å². The summed E-state index contributed by atoms with van der Waals surface area (Å²) >= 11 is 0. The number of ether oxygens (including phenoxy) is 1. The molecule has 0 spiro atoms. The number of nitrogens with one attached hydrogen (secondary N) is 1. The minimum Gasteiger partial charge on any atom is -0.494 e. The van der Waals surface area contributed by atoms with E-state index >= 15 is 0 Å². The number of benzene rings is 2. The fourth-order valence-electron chi connectivity index (χ4n) is 2.62. The van der Waals surface area contributed by atoms with Crippen molar-refractivity contribution in [2.75, 3.05) is 11.9 Å². The zero-order chi connectivity index (χ0) is 16.9. The highest BCUT2D eigenvalue weighted by Gasteiger charge is 2.08. The summed E-state index contributed by atoms with van der Waals surface area (Å²) in [5.41, 5.74) is 4.72. The van der Waals surface area contributed by atoms with Crippen molar-refractivity contribution in [1.82, 2.24) is 9.55 Å². The monoisotopic (exact) mass is 321 g/mol. The molecule has 124 valence electrons. The third-order valence-electron chi connectivity index (χ3n) is 4.02. The third-order valence-corrected chi connectivity index (χ3v) is 4.02. The molecule has 0 radical (unpaired) electrons. The number of hydrogen-bond donors (Lipinski definition) is 1. The summed E-state index contributed by atoms with van der Waals surface area (Å²) in [7, 11) is 2.03. The highest BCUT2D eigenvalue weighted by Crippen LogP contribution is 2.22. The number of anilines is 1. The molecule has 0 aliphatic carbocycles. The largest absolute Gasteiger partial charge is 0.494 e. The molecule has 0 bridgehead atoms. The van der Waals surface area contributed by atoms with Crippen LogP contribution in [-0.4, -0.2) is 16.2 Å². The lowest BCUT2D eigenvalue weighted by Crippen LogP contribution is -2.05. The molecular weight excluding hydrogens is 298 g/mol. The van der Waals surface area contributed by atoms with Crippen molar-refractivity contribution < 1.29 is 4.74 Å². The van der Waals surface area contributed by atoms with E-state index in [9.17, 15) is 0 Å². The van der Waals surface area contributed by atoms with E-state index in [2.05, 4.69) is 58.2 Å². The first-order chi connectivity index (χ1) is 11.7. The quantitative estimate of drug-likeness (QED) is 0.731. The van der Waals surface area contributed by atoms with Crippen molar-refractivity contribution in [3.05, 3.63) is 65.9 Å². The van der Waals surface area contributed by atoms with Crippen LogP contribution in [0.5, 0.6) is 5.75 Å². The van der Waals surface area contributed by atoms with Crippen LogP contribution < -0.4 is 10.1 Å². The fraction of sp³-hybridized carbons (Fsp3) is 0.250. The molecular formula is C20H23N3O. The zero-order valence-electron chi connectivity index (χ0n) is 14.4. The van der Waals surface area contributed by atoms with Gasteiger partial charge in [-0.25, -0.2) is 4.98 Å². The molecule has 0 atom stereocenters. The summed E-state index contributed by atoms with van der Waals surface area (Å²) in [4.78, 5) is 4.50. The average molecular weight is 321 g/mol. The molecule has 0 aliphatic heterocycles. The number of nitrogens with zero attached hydrogens (tertiary/aromatic N) is 2. The average Bonchev–Trinajstić information content (AvgIpc) is 2.96. The number of rotatable bonds is 6. The normalized spacial score (nSPS) is 10.6. The van der Waals surface area contributed by atoms with E-state index in [1.165, 1.54) is 16.7 Å². The van der Waals surface area contributed by atoms with Crippen molar-refractivity contribution in [3.63, 3.8) is 0 Å². The number of aromatic nitrogens is 2. The summed E-state index contributed by atoms with van der Waals surface area (Å²) in [5.74, 6) is 1.76. The van der Waals surface area contributed by atoms with Gasteiger partial charge in [-0.2, -0.15) is 0 Å². The molecule has 4 heteroatoms. The van der Waals surface area contributed by atoms with Gasteiger partial charge in [0.1, 0.15) is 5.75 Å². The summed E-state index contributed by atoms with van der Waals surface area (Å²) < 4.78 is 7.55. The van der Waals surface area contributed by atoms with Gasteiger partial charge in [-0.15, -0.1) is 0 Å². The second-order valence-electron chi connectivity index (χ2n) is 5.82. The molecule has 0 fully saturated rings. The van der Waals surface area contributed by atoms with E-state index in [4.69, 9.17) is 4.74 Å². The Morgan fingerprint density at radius 3 is 2.42 bits per heavy atom. The van der Waals surface area contributed by atoms with Gasteiger partial charge in [-0.05, 0) is 37.1 Å². The molecule has 3 rings (SSSR count). The molecule has 3 aromatic rings. The predicted molar refractivity (Wildman–Crippen MR) is 98.3 cm³/mol. The summed E-state index contributed by atoms with van der Waals surface area (Å²) in [6, 6.07) is 16.6. The van der Waals surface area contributed by atoms with Gasteiger partial charge in [-0.1, -0.05) is 42.0 Å². The lowest BCUT2D eigenvalue weighted by Gasteiger charge is -2.09. The minimum absolute atomic E-state index is 0.687. The lowest BCUT2D eigenvalue weighted by molar-refractivity contribution is 0.340. The molecule has 0 saturated heterocycles. The Hall–Kier alpha value is -2.75. The van der Waals surface area contributed by atoms with Gasteiger partial charge in [0.15, 0.2) is 0 Å². The van der Waals surface area contributed by atoms with Crippen molar-refractivity contribution in [1.29, 1.82) is 0 Å². The van der Waals surface area contributed by atoms with Crippen LogP contribution in [0, 0.1) is 6.92 Å². The Labute approximate surface area is 143 Å². The van der Waals surface area contributed by atoms with Crippen LogP contribution in [0.1, 0.15) is 18.1 Å². The number of aryl methyl sites for hydroxylation is 1. The second kappa shape index (κ2) is 7.21. The fourth-order valence-corrected chi connectivity index (χ4v) is 2.62. The predicted octanol–water partition coefficient (Wildman–Crippen LogP) is 4.41. The van der Waals surface area contributed by atoms with Crippen LogP contribution >= 0.6 is 0 Å². The van der Waals surface area contributed by atoms with Gasteiger partial charge in [0.2, 0.25) is 5.95 Å². The number of hydrogen-bond acceptors (Lipinski definition) is 3. The Morgan fingerprint density at radius 1 is 1.04 bits per heavy atom. The second-order valence-corrected chi connectivity index (χ2v) is 5.82.